The highest BCUT2D eigenvalue weighted by molar-refractivity contribution is 5.89. The van der Waals surface area contributed by atoms with Crippen LogP contribution in [0.2, 0.25) is 0 Å². The molecule has 2 fully saturated rings. The first-order valence-electron chi connectivity index (χ1n) is 6.51. The second-order valence-corrected chi connectivity index (χ2v) is 5.20. The van der Waals surface area contributed by atoms with Gasteiger partial charge in [0.25, 0.3) is 0 Å². The predicted molar refractivity (Wildman–Crippen MR) is 68.2 cm³/mol. The van der Waals surface area contributed by atoms with Crippen LogP contribution in [0.1, 0.15) is 18.7 Å². The fourth-order valence-electron chi connectivity index (χ4n) is 2.03. The molecular formula is C13H15N5O. The van der Waals surface area contributed by atoms with Crippen LogP contribution in [0.25, 0.3) is 0 Å². The largest absolute Gasteiger partial charge is 0.322 e. The molecule has 6 heteroatoms. The van der Waals surface area contributed by atoms with E-state index in [1.165, 1.54) is 12.8 Å². The molecule has 0 bridgehead atoms. The standard InChI is InChI=1S/C13H15N5O/c14-4-10-7-18(8-10)13(19)17-11-5-15-12(16-6-11)3-9-1-2-9/h5-6,9-10H,1-3,7-8H2,(H,17,19). The molecule has 6 nitrogen and oxygen atoms in total. The molecule has 3 rings (SSSR count). The zero-order chi connectivity index (χ0) is 13.2. The number of nitriles is 1. The predicted octanol–water partition coefficient (Wildman–Crippen LogP) is 1.42. The van der Waals surface area contributed by atoms with Crippen molar-refractivity contribution in [1.82, 2.24) is 14.9 Å². The van der Waals surface area contributed by atoms with Crippen molar-refractivity contribution in [2.45, 2.75) is 19.3 Å². The first-order valence-corrected chi connectivity index (χ1v) is 6.51. The third kappa shape index (κ3) is 2.81. The number of carbonyl (C=O) groups is 1. The van der Waals surface area contributed by atoms with Gasteiger partial charge in [-0.25, -0.2) is 14.8 Å². The lowest BCUT2D eigenvalue weighted by Crippen LogP contribution is -2.51. The Bertz CT molecular complexity index is 511. The highest BCUT2D eigenvalue weighted by Crippen LogP contribution is 2.31. The van der Waals surface area contributed by atoms with E-state index in [0.717, 1.165) is 18.2 Å². The minimum atomic E-state index is -0.190. The molecule has 1 aromatic heterocycles. The highest BCUT2D eigenvalue weighted by Gasteiger charge is 2.30. The first-order chi connectivity index (χ1) is 9.24. The van der Waals surface area contributed by atoms with Crippen molar-refractivity contribution >= 4 is 11.7 Å². The Hall–Kier alpha value is -2.16. The number of nitrogens with one attached hydrogen (secondary N) is 1. The molecule has 2 heterocycles. The first kappa shape index (κ1) is 11.9. The van der Waals surface area contributed by atoms with Crippen LogP contribution in [-0.2, 0) is 6.42 Å². The lowest BCUT2D eigenvalue weighted by Gasteiger charge is -2.34. The summed E-state index contributed by atoms with van der Waals surface area (Å²) in [6.45, 7) is 1.01. The van der Waals surface area contributed by atoms with Crippen LogP contribution in [-0.4, -0.2) is 34.0 Å². The lowest BCUT2D eigenvalue weighted by atomic mass is 10.0. The smallest absolute Gasteiger partial charge is 0.322 e. The quantitative estimate of drug-likeness (QED) is 0.887. The van der Waals surface area contributed by atoms with Crippen LogP contribution in [0.5, 0.6) is 0 Å². The summed E-state index contributed by atoms with van der Waals surface area (Å²) in [6.07, 6.45) is 6.77. The van der Waals surface area contributed by atoms with E-state index in [9.17, 15) is 4.79 Å². The van der Waals surface area contributed by atoms with Gasteiger partial charge in [-0.2, -0.15) is 5.26 Å². The molecule has 1 aliphatic heterocycles. The minimum Gasteiger partial charge on any atom is -0.322 e. The highest BCUT2D eigenvalue weighted by atomic mass is 16.2. The van der Waals surface area contributed by atoms with Gasteiger partial charge < -0.3 is 10.2 Å². The van der Waals surface area contributed by atoms with E-state index in [1.807, 2.05) is 0 Å². The van der Waals surface area contributed by atoms with Gasteiger partial charge in [0.05, 0.1) is 30.1 Å². The van der Waals surface area contributed by atoms with Crippen LogP contribution >= 0.6 is 0 Å². The molecule has 0 radical (unpaired) electrons. The van der Waals surface area contributed by atoms with Gasteiger partial charge in [-0.1, -0.05) is 0 Å². The molecule has 98 valence electrons. The number of urea groups is 1. The van der Waals surface area contributed by atoms with Crippen molar-refractivity contribution in [2.24, 2.45) is 11.8 Å². The SMILES string of the molecule is N#CC1CN(C(=O)Nc2cnc(CC3CC3)nc2)C1. The normalized spacial score (nSPS) is 18.6. The Morgan fingerprint density at radius 2 is 2.11 bits per heavy atom. The summed E-state index contributed by atoms with van der Waals surface area (Å²) in [5.41, 5.74) is 0.602. The van der Waals surface area contributed by atoms with Gasteiger partial charge in [0, 0.05) is 19.5 Å². The summed E-state index contributed by atoms with van der Waals surface area (Å²) in [5.74, 6) is 1.57. The van der Waals surface area contributed by atoms with E-state index in [0.29, 0.717) is 18.8 Å². The molecule has 0 atom stereocenters. The van der Waals surface area contributed by atoms with Gasteiger partial charge in [0.1, 0.15) is 5.82 Å². The second kappa shape index (κ2) is 4.84. The Morgan fingerprint density at radius 3 is 2.68 bits per heavy atom. The number of hydrogen-bond donors (Lipinski definition) is 1. The Kier molecular flexibility index (Phi) is 3.03. The molecule has 1 aliphatic carbocycles. The van der Waals surface area contributed by atoms with Crippen LogP contribution in [0.4, 0.5) is 10.5 Å². The number of aromatic nitrogens is 2. The molecule has 0 unspecified atom stereocenters. The molecule has 2 amide bonds. The van der Waals surface area contributed by atoms with Crippen LogP contribution in [0, 0.1) is 23.2 Å². The second-order valence-electron chi connectivity index (χ2n) is 5.20. The summed E-state index contributed by atoms with van der Waals surface area (Å²) < 4.78 is 0. The molecule has 2 aliphatic rings. The van der Waals surface area contributed by atoms with Gasteiger partial charge in [0.15, 0.2) is 0 Å². The average molecular weight is 257 g/mol. The van der Waals surface area contributed by atoms with Crippen molar-refractivity contribution < 1.29 is 4.79 Å². The van der Waals surface area contributed by atoms with Crippen LogP contribution in [0.3, 0.4) is 0 Å². The Morgan fingerprint density at radius 1 is 1.42 bits per heavy atom. The van der Waals surface area contributed by atoms with E-state index in [1.54, 1.807) is 17.3 Å². The molecule has 1 saturated carbocycles. The Labute approximate surface area is 111 Å². The van der Waals surface area contributed by atoms with E-state index in [4.69, 9.17) is 5.26 Å². The summed E-state index contributed by atoms with van der Waals surface area (Å²) >= 11 is 0. The lowest BCUT2D eigenvalue weighted by molar-refractivity contribution is 0.156. The van der Waals surface area contributed by atoms with Crippen LogP contribution < -0.4 is 5.32 Å². The van der Waals surface area contributed by atoms with Crippen LogP contribution in [0.15, 0.2) is 12.4 Å². The molecular weight excluding hydrogens is 242 g/mol. The maximum Gasteiger partial charge on any atom is 0.322 e. The maximum atomic E-state index is 11.8. The van der Waals surface area contributed by atoms with Crippen molar-refractivity contribution in [3.8, 4) is 6.07 Å². The monoisotopic (exact) mass is 257 g/mol. The number of likely N-dealkylation sites (tertiary alicyclic amines) is 1. The summed E-state index contributed by atoms with van der Waals surface area (Å²) in [6, 6.07) is 1.95. The topological polar surface area (TPSA) is 81.9 Å². The van der Waals surface area contributed by atoms with E-state index >= 15 is 0 Å². The van der Waals surface area contributed by atoms with Gasteiger partial charge in [0.2, 0.25) is 0 Å². The molecule has 0 aromatic carbocycles. The summed E-state index contributed by atoms with van der Waals surface area (Å²) in [4.78, 5) is 21.9. The minimum absolute atomic E-state index is 0.0251. The maximum absolute atomic E-state index is 11.8. The van der Waals surface area contributed by atoms with Gasteiger partial charge in [-0.15, -0.1) is 0 Å². The average Bonchev–Trinajstić information content (AvgIpc) is 3.14. The third-order valence-electron chi connectivity index (χ3n) is 3.48. The van der Waals surface area contributed by atoms with Gasteiger partial charge >= 0.3 is 6.03 Å². The molecule has 1 aromatic rings. The number of nitrogens with zero attached hydrogens (tertiary/aromatic N) is 4. The number of rotatable bonds is 3. The molecule has 1 N–H and O–H groups in total. The summed E-state index contributed by atoms with van der Waals surface area (Å²) in [5, 5.41) is 11.4. The number of hydrogen-bond acceptors (Lipinski definition) is 4. The van der Waals surface area contributed by atoms with E-state index in [-0.39, 0.29) is 11.9 Å². The summed E-state index contributed by atoms with van der Waals surface area (Å²) in [7, 11) is 0. The number of anilines is 1. The molecule has 19 heavy (non-hydrogen) atoms. The van der Waals surface area contributed by atoms with E-state index < -0.39 is 0 Å². The van der Waals surface area contributed by atoms with Gasteiger partial charge in [-0.3, -0.25) is 0 Å². The third-order valence-corrected chi connectivity index (χ3v) is 3.48. The van der Waals surface area contributed by atoms with Crippen molar-refractivity contribution in [1.29, 1.82) is 5.26 Å². The molecule has 0 spiro atoms. The van der Waals surface area contributed by atoms with Crippen molar-refractivity contribution in [3.63, 3.8) is 0 Å². The Balaban J connectivity index is 1.52. The van der Waals surface area contributed by atoms with Crippen molar-refractivity contribution in [2.75, 3.05) is 18.4 Å². The van der Waals surface area contributed by atoms with Gasteiger partial charge in [-0.05, 0) is 18.8 Å². The number of amides is 2. The fourth-order valence-corrected chi connectivity index (χ4v) is 2.03. The molecule has 1 saturated heterocycles. The number of carbonyl (C=O) groups excluding carboxylic acids is 1. The van der Waals surface area contributed by atoms with E-state index in [2.05, 4.69) is 21.4 Å². The van der Waals surface area contributed by atoms with Crippen molar-refractivity contribution in [3.05, 3.63) is 18.2 Å². The zero-order valence-electron chi connectivity index (χ0n) is 10.5. The zero-order valence-corrected chi connectivity index (χ0v) is 10.5. The fraction of sp³-hybridized carbons (Fsp3) is 0.538.